The predicted octanol–water partition coefficient (Wildman–Crippen LogP) is 1.93. The second-order valence-corrected chi connectivity index (χ2v) is 6.42. The van der Waals surface area contributed by atoms with E-state index in [1.54, 1.807) is 7.11 Å². The number of hydrogen-bond acceptors (Lipinski definition) is 5. The quantitative estimate of drug-likeness (QED) is 0.919. The lowest BCUT2D eigenvalue weighted by atomic mass is 9.93. The first-order valence-electron chi connectivity index (χ1n) is 8.30. The average molecular weight is 316 g/mol. The summed E-state index contributed by atoms with van der Waals surface area (Å²) in [4.78, 5) is 2.39. The second-order valence-electron chi connectivity index (χ2n) is 6.42. The molecule has 0 amide bonds. The lowest BCUT2D eigenvalue weighted by Gasteiger charge is -2.40. The summed E-state index contributed by atoms with van der Waals surface area (Å²) in [5, 5.41) is 19.5. The van der Waals surface area contributed by atoms with Gasteiger partial charge in [0.1, 0.15) is 11.8 Å². The van der Waals surface area contributed by atoms with Gasteiger partial charge in [0.05, 0.1) is 32.0 Å². The van der Waals surface area contributed by atoms with Gasteiger partial charge in [0.25, 0.3) is 0 Å². The summed E-state index contributed by atoms with van der Waals surface area (Å²) < 4.78 is 10.9. The summed E-state index contributed by atoms with van der Waals surface area (Å²) in [5.74, 6) is 0.907. The van der Waals surface area contributed by atoms with Gasteiger partial charge in [-0.2, -0.15) is 5.26 Å². The Kier molecular flexibility index (Phi) is 5.16. The van der Waals surface area contributed by atoms with Crippen LogP contribution >= 0.6 is 0 Å². The molecular formula is C18H24N2O3. The summed E-state index contributed by atoms with van der Waals surface area (Å²) >= 11 is 0. The summed E-state index contributed by atoms with van der Waals surface area (Å²) in [5.41, 5.74) is 1.66. The van der Waals surface area contributed by atoms with E-state index in [-0.39, 0.29) is 12.1 Å². The number of benzene rings is 1. The molecule has 0 bridgehead atoms. The van der Waals surface area contributed by atoms with E-state index in [0.717, 1.165) is 44.5 Å². The molecule has 1 aromatic carbocycles. The first kappa shape index (κ1) is 16.3. The molecule has 5 heteroatoms. The van der Waals surface area contributed by atoms with E-state index in [2.05, 4.69) is 11.0 Å². The van der Waals surface area contributed by atoms with Gasteiger partial charge < -0.3 is 14.6 Å². The summed E-state index contributed by atoms with van der Waals surface area (Å²) in [6.07, 6.45) is 2.85. The number of nitriles is 1. The molecule has 1 N–H and O–H groups in total. The highest BCUT2D eigenvalue weighted by molar-refractivity contribution is 5.45. The van der Waals surface area contributed by atoms with Crippen molar-refractivity contribution < 1.29 is 14.6 Å². The van der Waals surface area contributed by atoms with Crippen LogP contribution in [0.5, 0.6) is 5.75 Å². The number of morpholine rings is 1. The number of aliphatic hydroxyl groups is 1. The zero-order valence-electron chi connectivity index (χ0n) is 13.6. The zero-order valence-corrected chi connectivity index (χ0v) is 13.6. The molecule has 0 spiro atoms. The minimum Gasteiger partial charge on any atom is -0.495 e. The van der Waals surface area contributed by atoms with Crippen molar-refractivity contribution in [2.75, 3.05) is 26.9 Å². The van der Waals surface area contributed by atoms with Crippen molar-refractivity contribution in [3.63, 3.8) is 0 Å². The largest absolute Gasteiger partial charge is 0.495 e. The van der Waals surface area contributed by atoms with Crippen LogP contribution in [-0.4, -0.2) is 49.0 Å². The van der Waals surface area contributed by atoms with Crippen LogP contribution in [0.15, 0.2) is 18.2 Å². The van der Waals surface area contributed by atoms with Gasteiger partial charge in [0.15, 0.2) is 0 Å². The van der Waals surface area contributed by atoms with Crippen molar-refractivity contribution in [3.8, 4) is 11.8 Å². The second kappa shape index (κ2) is 7.31. The van der Waals surface area contributed by atoms with Crippen LogP contribution in [0.2, 0.25) is 0 Å². The molecule has 1 aliphatic carbocycles. The molecule has 0 aromatic heterocycles. The van der Waals surface area contributed by atoms with E-state index in [1.807, 2.05) is 18.2 Å². The van der Waals surface area contributed by atoms with E-state index in [4.69, 9.17) is 9.47 Å². The first-order chi connectivity index (χ1) is 11.2. The maximum Gasteiger partial charge on any atom is 0.136 e. The summed E-state index contributed by atoms with van der Waals surface area (Å²) in [6, 6.07) is 8.21. The third-order valence-electron chi connectivity index (χ3n) is 5.08. The van der Waals surface area contributed by atoms with Crippen LogP contribution in [0.25, 0.3) is 0 Å². The lowest BCUT2D eigenvalue weighted by Crippen LogP contribution is -2.50. The van der Waals surface area contributed by atoms with Crippen molar-refractivity contribution in [2.45, 2.75) is 38.0 Å². The van der Waals surface area contributed by atoms with Crippen molar-refractivity contribution in [1.82, 2.24) is 4.90 Å². The monoisotopic (exact) mass is 316 g/mol. The van der Waals surface area contributed by atoms with E-state index in [1.165, 1.54) is 0 Å². The highest BCUT2D eigenvalue weighted by atomic mass is 16.5. The molecule has 0 radical (unpaired) electrons. The van der Waals surface area contributed by atoms with E-state index in [9.17, 15) is 10.4 Å². The molecular weight excluding hydrogens is 292 g/mol. The van der Waals surface area contributed by atoms with Gasteiger partial charge in [0, 0.05) is 25.0 Å². The van der Waals surface area contributed by atoms with E-state index >= 15 is 0 Å². The number of ether oxygens (including phenoxy) is 2. The Labute approximate surface area is 137 Å². The molecule has 1 aliphatic heterocycles. The normalized spacial score (nSPS) is 28.5. The average Bonchev–Trinajstić information content (AvgIpc) is 3.01. The van der Waals surface area contributed by atoms with E-state index < -0.39 is 0 Å². The van der Waals surface area contributed by atoms with Gasteiger partial charge in [0.2, 0.25) is 0 Å². The number of aliphatic hydroxyl groups excluding tert-OH is 1. The zero-order chi connectivity index (χ0) is 16.2. The molecule has 23 heavy (non-hydrogen) atoms. The summed E-state index contributed by atoms with van der Waals surface area (Å²) in [6.45, 7) is 3.04. The van der Waals surface area contributed by atoms with Crippen LogP contribution < -0.4 is 4.74 Å². The molecule has 2 fully saturated rings. The SMILES string of the molecule is COc1ccc(CN2CCOC[C@@H]2[C@H]2CCC[C@H]2O)cc1C#N. The molecule has 1 heterocycles. The maximum atomic E-state index is 10.2. The fourth-order valence-corrected chi connectivity index (χ4v) is 3.84. The van der Waals surface area contributed by atoms with Gasteiger partial charge in [-0.05, 0) is 30.5 Å². The topological polar surface area (TPSA) is 65.7 Å². The van der Waals surface area contributed by atoms with Crippen LogP contribution in [0.1, 0.15) is 30.4 Å². The molecule has 124 valence electrons. The van der Waals surface area contributed by atoms with Crippen molar-refractivity contribution >= 4 is 0 Å². The molecule has 1 saturated heterocycles. The van der Waals surface area contributed by atoms with Crippen LogP contribution in [-0.2, 0) is 11.3 Å². The standard InChI is InChI=1S/C18H24N2O3/c1-22-18-6-5-13(9-14(18)10-19)11-20-7-8-23-12-16(20)15-3-2-4-17(15)21/h5-6,9,15-17,21H,2-4,7-8,11-12H2,1H3/t15-,16-,17-/m1/s1. The van der Waals surface area contributed by atoms with E-state index in [0.29, 0.717) is 23.8 Å². The third-order valence-corrected chi connectivity index (χ3v) is 5.08. The van der Waals surface area contributed by atoms with Gasteiger partial charge in [-0.3, -0.25) is 4.90 Å². The fraction of sp³-hybridized carbons (Fsp3) is 0.611. The van der Waals surface area contributed by atoms with Gasteiger partial charge >= 0.3 is 0 Å². The Morgan fingerprint density at radius 2 is 2.30 bits per heavy atom. The smallest absolute Gasteiger partial charge is 0.136 e. The number of rotatable bonds is 4. The van der Waals surface area contributed by atoms with Gasteiger partial charge in [-0.25, -0.2) is 0 Å². The Morgan fingerprint density at radius 1 is 1.43 bits per heavy atom. The van der Waals surface area contributed by atoms with Crippen LogP contribution in [0.3, 0.4) is 0 Å². The molecule has 1 aromatic rings. The number of hydrogen-bond donors (Lipinski definition) is 1. The van der Waals surface area contributed by atoms with Crippen molar-refractivity contribution in [1.29, 1.82) is 5.26 Å². The Morgan fingerprint density at radius 3 is 3.00 bits per heavy atom. The fourth-order valence-electron chi connectivity index (χ4n) is 3.84. The predicted molar refractivity (Wildman–Crippen MR) is 86.1 cm³/mol. The minimum atomic E-state index is -0.213. The Bertz CT molecular complexity index is 584. The highest BCUT2D eigenvalue weighted by Gasteiger charge is 2.37. The molecule has 3 rings (SSSR count). The summed E-state index contributed by atoms with van der Waals surface area (Å²) in [7, 11) is 1.58. The van der Waals surface area contributed by atoms with Crippen molar-refractivity contribution in [3.05, 3.63) is 29.3 Å². The molecule has 3 atom stereocenters. The number of methoxy groups -OCH3 is 1. The van der Waals surface area contributed by atoms with Gasteiger partial charge in [-0.15, -0.1) is 0 Å². The molecule has 0 unspecified atom stereocenters. The Balaban J connectivity index is 1.75. The molecule has 1 saturated carbocycles. The number of nitrogens with zero attached hydrogens (tertiary/aromatic N) is 2. The molecule has 2 aliphatic rings. The van der Waals surface area contributed by atoms with Crippen LogP contribution in [0.4, 0.5) is 0 Å². The van der Waals surface area contributed by atoms with Crippen LogP contribution in [0, 0.1) is 17.2 Å². The molecule has 5 nitrogen and oxygen atoms in total. The first-order valence-corrected chi connectivity index (χ1v) is 8.30. The highest BCUT2D eigenvalue weighted by Crippen LogP contribution is 2.33. The lowest BCUT2D eigenvalue weighted by molar-refractivity contribution is -0.0536. The maximum absolute atomic E-state index is 10.2. The minimum absolute atomic E-state index is 0.213. The third kappa shape index (κ3) is 3.50. The van der Waals surface area contributed by atoms with Gasteiger partial charge in [-0.1, -0.05) is 12.5 Å². The van der Waals surface area contributed by atoms with Crippen molar-refractivity contribution in [2.24, 2.45) is 5.92 Å². The Hall–Kier alpha value is -1.61.